The molecule has 2 aromatic rings. The molecule has 9 heteroatoms. The maximum Gasteiger partial charge on any atom is 0.345 e. The van der Waals surface area contributed by atoms with Crippen LogP contribution in [-0.4, -0.2) is 20.0 Å². The second-order valence-electron chi connectivity index (χ2n) is 2.84. The molecule has 2 rings (SSSR count). The molecule has 1 N–H and O–H groups in total. The minimum Gasteiger partial charge on any atom is -0.354 e. The lowest BCUT2D eigenvalue weighted by atomic mass is 10.6. The van der Waals surface area contributed by atoms with Crippen molar-refractivity contribution in [3.05, 3.63) is 28.0 Å². The molecular weight excluding hydrogens is 234 g/mol. The smallest absolute Gasteiger partial charge is 0.345 e. The van der Waals surface area contributed by atoms with Crippen LogP contribution in [0.1, 0.15) is 11.7 Å². The van der Waals surface area contributed by atoms with Crippen LogP contribution < -0.4 is 5.32 Å². The monoisotopic (exact) mass is 241 g/mol. The second kappa shape index (κ2) is 4.23. The molecule has 0 atom stereocenters. The lowest BCUT2D eigenvalue weighted by Gasteiger charge is -1.94. The summed E-state index contributed by atoms with van der Waals surface area (Å²) in [6, 6.07) is 0. The summed E-state index contributed by atoms with van der Waals surface area (Å²) in [7, 11) is 0. The van der Waals surface area contributed by atoms with E-state index >= 15 is 0 Å². The molecule has 0 aliphatic rings. The molecule has 0 spiro atoms. The number of rotatable bonds is 4. The highest BCUT2D eigenvalue weighted by Crippen LogP contribution is 2.24. The lowest BCUT2D eigenvalue weighted by Crippen LogP contribution is -2.00. The van der Waals surface area contributed by atoms with E-state index in [0.29, 0.717) is 23.4 Å². The molecular formula is C7H7N5O3S. The first-order valence-electron chi connectivity index (χ1n) is 4.28. The highest BCUT2D eigenvalue weighted by molar-refractivity contribution is 7.18. The largest absolute Gasteiger partial charge is 0.354 e. The first kappa shape index (κ1) is 10.5. The van der Waals surface area contributed by atoms with Crippen LogP contribution in [0.25, 0.3) is 0 Å². The molecule has 0 radical (unpaired) electrons. The number of hydrogen-bond acceptors (Lipinski definition) is 8. The maximum atomic E-state index is 10.4. The molecule has 0 unspecified atom stereocenters. The fraction of sp³-hybridized carbons (Fsp3) is 0.286. The van der Waals surface area contributed by atoms with Gasteiger partial charge in [0.2, 0.25) is 5.89 Å². The second-order valence-corrected chi connectivity index (χ2v) is 3.85. The van der Waals surface area contributed by atoms with Gasteiger partial charge in [0.1, 0.15) is 6.20 Å². The summed E-state index contributed by atoms with van der Waals surface area (Å²) in [4.78, 5) is 17.7. The Kier molecular flexibility index (Phi) is 2.77. The molecule has 0 aliphatic carbocycles. The highest BCUT2D eigenvalue weighted by atomic mass is 32.1. The van der Waals surface area contributed by atoms with Gasteiger partial charge in [-0.25, -0.2) is 4.98 Å². The number of aryl methyl sites for hydroxylation is 1. The molecule has 0 fully saturated rings. The summed E-state index contributed by atoms with van der Waals surface area (Å²) >= 11 is 0.960. The molecule has 2 aromatic heterocycles. The van der Waals surface area contributed by atoms with Gasteiger partial charge in [0.15, 0.2) is 11.0 Å². The predicted octanol–water partition coefficient (Wildman–Crippen LogP) is 1.35. The average molecular weight is 241 g/mol. The van der Waals surface area contributed by atoms with Crippen molar-refractivity contribution in [3.8, 4) is 0 Å². The van der Waals surface area contributed by atoms with Crippen molar-refractivity contribution in [2.24, 2.45) is 0 Å². The summed E-state index contributed by atoms with van der Waals surface area (Å²) in [5, 5.41) is 17.4. The summed E-state index contributed by atoms with van der Waals surface area (Å²) in [5.74, 6) is 0.956. The topological polar surface area (TPSA) is 107 Å². The van der Waals surface area contributed by atoms with Crippen molar-refractivity contribution in [3.63, 3.8) is 0 Å². The first-order valence-corrected chi connectivity index (χ1v) is 5.10. The normalized spacial score (nSPS) is 10.3. The van der Waals surface area contributed by atoms with Crippen molar-refractivity contribution in [2.45, 2.75) is 13.5 Å². The zero-order chi connectivity index (χ0) is 11.5. The van der Waals surface area contributed by atoms with E-state index in [1.54, 1.807) is 6.92 Å². The summed E-state index contributed by atoms with van der Waals surface area (Å²) in [5.41, 5.74) is 0. The fourth-order valence-electron chi connectivity index (χ4n) is 1.000. The van der Waals surface area contributed by atoms with E-state index in [9.17, 15) is 10.1 Å². The van der Waals surface area contributed by atoms with Crippen molar-refractivity contribution in [1.29, 1.82) is 0 Å². The molecule has 84 valence electrons. The van der Waals surface area contributed by atoms with Crippen molar-refractivity contribution in [1.82, 2.24) is 15.1 Å². The highest BCUT2D eigenvalue weighted by Gasteiger charge is 2.11. The van der Waals surface area contributed by atoms with Crippen LogP contribution in [0.3, 0.4) is 0 Å². The van der Waals surface area contributed by atoms with E-state index in [4.69, 9.17) is 4.52 Å². The minimum absolute atomic E-state index is 0.00760. The van der Waals surface area contributed by atoms with E-state index in [-0.39, 0.29) is 5.00 Å². The Morgan fingerprint density at radius 1 is 1.69 bits per heavy atom. The van der Waals surface area contributed by atoms with E-state index < -0.39 is 4.92 Å². The van der Waals surface area contributed by atoms with Crippen molar-refractivity contribution < 1.29 is 9.45 Å². The number of anilines is 1. The van der Waals surface area contributed by atoms with Gasteiger partial charge >= 0.3 is 5.00 Å². The van der Waals surface area contributed by atoms with Gasteiger partial charge < -0.3 is 9.84 Å². The fourth-order valence-corrected chi connectivity index (χ4v) is 1.63. The quantitative estimate of drug-likeness (QED) is 0.635. The number of hydrogen-bond donors (Lipinski definition) is 1. The Hall–Kier alpha value is -2.03. The van der Waals surface area contributed by atoms with Gasteiger partial charge in [-0.15, -0.1) is 0 Å². The molecule has 8 nitrogen and oxygen atoms in total. The zero-order valence-corrected chi connectivity index (χ0v) is 9.02. The van der Waals surface area contributed by atoms with Crippen molar-refractivity contribution in [2.75, 3.05) is 5.32 Å². The molecule has 2 heterocycles. The Morgan fingerprint density at radius 3 is 3.06 bits per heavy atom. The third kappa shape index (κ3) is 2.31. The Labute approximate surface area is 93.5 Å². The molecule has 16 heavy (non-hydrogen) atoms. The molecule has 0 bridgehead atoms. The zero-order valence-electron chi connectivity index (χ0n) is 8.21. The lowest BCUT2D eigenvalue weighted by molar-refractivity contribution is -0.380. The van der Waals surface area contributed by atoms with Crippen LogP contribution in [0.5, 0.6) is 0 Å². The van der Waals surface area contributed by atoms with Crippen LogP contribution in [-0.2, 0) is 6.54 Å². The average Bonchev–Trinajstić information content (AvgIpc) is 2.83. The molecule has 0 saturated carbocycles. The van der Waals surface area contributed by atoms with Gasteiger partial charge in [0.05, 0.1) is 11.5 Å². The number of nitro groups is 1. The van der Waals surface area contributed by atoms with E-state index in [0.717, 1.165) is 11.3 Å². The number of aromatic nitrogens is 3. The first-order chi connectivity index (χ1) is 7.65. The van der Waals surface area contributed by atoms with Gasteiger partial charge in [-0.3, -0.25) is 10.1 Å². The molecule has 0 amide bonds. The summed E-state index contributed by atoms with van der Waals surface area (Å²) in [6.07, 6.45) is 1.20. The number of nitrogens with one attached hydrogen (secondary N) is 1. The maximum absolute atomic E-state index is 10.4. The van der Waals surface area contributed by atoms with E-state index in [1.807, 2.05) is 0 Å². The number of thiazole rings is 1. The van der Waals surface area contributed by atoms with Crippen LogP contribution in [0, 0.1) is 17.0 Å². The number of nitrogens with zero attached hydrogens (tertiary/aromatic N) is 4. The minimum atomic E-state index is -0.485. The third-order valence-corrected chi connectivity index (χ3v) is 2.55. The Bertz CT molecular complexity index is 508. The SMILES string of the molecule is Cc1nc(CNc2ncc([N+](=O)[O-])s2)no1. The Balaban J connectivity index is 1.97. The third-order valence-electron chi connectivity index (χ3n) is 1.64. The van der Waals surface area contributed by atoms with E-state index in [1.165, 1.54) is 6.20 Å². The molecule has 0 aliphatic heterocycles. The van der Waals surface area contributed by atoms with Crippen LogP contribution in [0.15, 0.2) is 10.7 Å². The standard InChI is InChI=1S/C7H7N5O3S/c1-4-10-5(11-15-4)2-8-7-9-3-6(16-7)12(13)14/h3H,2H2,1H3,(H,8,9). The van der Waals surface area contributed by atoms with Gasteiger partial charge in [-0.1, -0.05) is 5.16 Å². The predicted molar refractivity (Wildman–Crippen MR) is 55.1 cm³/mol. The summed E-state index contributed by atoms with van der Waals surface area (Å²) in [6.45, 7) is 2.01. The van der Waals surface area contributed by atoms with Gasteiger partial charge in [0, 0.05) is 6.92 Å². The Morgan fingerprint density at radius 2 is 2.50 bits per heavy atom. The van der Waals surface area contributed by atoms with E-state index in [2.05, 4.69) is 20.4 Å². The van der Waals surface area contributed by atoms with Gasteiger partial charge in [0.25, 0.3) is 0 Å². The summed E-state index contributed by atoms with van der Waals surface area (Å²) < 4.78 is 4.77. The molecule has 0 saturated heterocycles. The van der Waals surface area contributed by atoms with Gasteiger partial charge in [-0.2, -0.15) is 4.98 Å². The molecule has 0 aromatic carbocycles. The van der Waals surface area contributed by atoms with Gasteiger partial charge in [-0.05, 0) is 11.3 Å². The van der Waals surface area contributed by atoms with Crippen LogP contribution in [0.2, 0.25) is 0 Å². The van der Waals surface area contributed by atoms with Crippen LogP contribution >= 0.6 is 11.3 Å². The van der Waals surface area contributed by atoms with Crippen molar-refractivity contribution >= 4 is 21.5 Å². The van der Waals surface area contributed by atoms with Crippen LogP contribution in [0.4, 0.5) is 10.1 Å².